The summed E-state index contributed by atoms with van der Waals surface area (Å²) in [7, 11) is 0. The molecule has 0 aliphatic rings. The predicted octanol–water partition coefficient (Wildman–Crippen LogP) is 4.45. The summed E-state index contributed by atoms with van der Waals surface area (Å²) in [6.45, 7) is 0.289. The van der Waals surface area contributed by atoms with Crippen molar-refractivity contribution in [2.24, 2.45) is 0 Å². The first kappa shape index (κ1) is 14.6. The van der Waals surface area contributed by atoms with Gasteiger partial charge in [0.1, 0.15) is 5.82 Å². The highest BCUT2D eigenvalue weighted by Gasteiger charge is 2.06. The number of hydrogen-bond acceptors (Lipinski definition) is 1. The molecular weight excluding hydrogens is 302 g/mol. The highest BCUT2D eigenvalue weighted by molar-refractivity contribution is 6.36. The molecule has 2 N–H and O–H groups in total. The maximum Gasteiger partial charge on any atom is 0.319 e. The fourth-order valence-electron chi connectivity index (χ4n) is 1.54. The maximum absolute atomic E-state index is 12.7. The Balaban J connectivity index is 1.90. The Morgan fingerprint density at radius 1 is 1.10 bits per heavy atom. The van der Waals surface area contributed by atoms with E-state index in [4.69, 9.17) is 23.2 Å². The highest BCUT2D eigenvalue weighted by atomic mass is 35.5. The van der Waals surface area contributed by atoms with Crippen LogP contribution in [0, 0.1) is 5.82 Å². The minimum atomic E-state index is -0.404. The van der Waals surface area contributed by atoms with E-state index in [1.807, 2.05) is 0 Å². The molecule has 0 spiro atoms. The molecule has 0 aliphatic carbocycles. The van der Waals surface area contributed by atoms with Gasteiger partial charge >= 0.3 is 6.03 Å². The van der Waals surface area contributed by atoms with E-state index in [1.54, 1.807) is 30.3 Å². The SMILES string of the molecule is O=C(NCc1ccc(F)cc1)Nc1ccc(Cl)cc1Cl. The average Bonchev–Trinajstić information content (AvgIpc) is 2.41. The lowest BCUT2D eigenvalue weighted by Crippen LogP contribution is -2.28. The summed E-state index contributed by atoms with van der Waals surface area (Å²) in [5.74, 6) is -0.314. The molecule has 0 radical (unpaired) electrons. The van der Waals surface area contributed by atoms with Crippen LogP contribution in [-0.2, 0) is 6.54 Å². The van der Waals surface area contributed by atoms with Crippen LogP contribution in [0.1, 0.15) is 5.56 Å². The first-order chi connectivity index (χ1) is 9.54. The van der Waals surface area contributed by atoms with Crippen molar-refractivity contribution in [3.05, 3.63) is 63.9 Å². The van der Waals surface area contributed by atoms with E-state index >= 15 is 0 Å². The van der Waals surface area contributed by atoms with Crippen LogP contribution in [0.4, 0.5) is 14.9 Å². The van der Waals surface area contributed by atoms with Gasteiger partial charge in [-0.05, 0) is 35.9 Å². The van der Waals surface area contributed by atoms with Gasteiger partial charge in [0.2, 0.25) is 0 Å². The number of rotatable bonds is 3. The molecular formula is C14H11Cl2FN2O. The molecule has 3 nitrogen and oxygen atoms in total. The zero-order valence-electron chi connectivity index (χ0n) is 10.3. The second-order valence-corrected chi connectivity index (χ2v) is 4.90. The smallest absolute Gasteiger partial charge is 0.319 e. The normalized spacial score (nSPS) is 10.2. The predicted molar refractivity (Wildman–Crippen MR) is 78.7 cm³/mol. The molecule has 2 aromatic carbocycles. The van der Waals surface area contributed by atoms with Crippen LogP contribution in [-0.4, -0.2) is 6.03 Å². The second kappa shape index (κ2) is 6.59. The molecule has 104 valence electrons. The monoisotopic (exact) mass is 312 g/mol. The van der Waals surface area contributed by atoms with Crippen molar-refractivity contribution in [1.82, 2.24) is 5.32 Å². The summed E-state index contributed by atoms with van der Waals surface area (Å²) in [6, 6.07) is 10.3. The molecule has 6 heteroatoms. The van der Waals surface area contributed by atoms with Gasteiger partial charge < -0.3 is 10.6 Å². The summed E-state index contributed by atoms with van der Waals surface area (Å²) >= 11 is 11.7. The minimum Gasteiger partial charge on any atom is -0.334 e. The van der Waals surface area contributed by atoms with E-state index in [1.165, 1.54) is 12.1 Å². The average molecular weight is 313 g/mol. The second-order valence-electron chi connectivity index (χ2n) is 4.06. The lowest BCUT2D eigenvalue weighted by atomic mass is 10.2. The molecule has 2 rings (SSSR count). The summed E-state index contributed by atoms with van der Waals surface area (Å²) in [6.07, 6.45) is 0. The summed E-state index contributed by atoms with van der Waals surface area (Å²) in [4.78, 5) is 11.7. The summed E-state index contributed by atoms with van der Waals surface area (Å²) in [5, 5.41) is 6.10. The summed E-state index contributed by atoms with van der Waals surface area (Å²) < 4.78 is 12.7. The molecule has 0 saturated heterocycles. The molecule has 0 heterocycles. The van der Waals surface area contributed by atoms with Crippen LogP contribution in [0.25, 0.3) is 0 Å². The molecule has 0 aliphatic heterocycles. The number of carbonyl (C=O) groups excluding carboxylic acids is 1. The van der Waals surface area contributed by atoms with Gasteiger partial charge in [0, 0.05) is 11.6 Å². The fourth-order valence-corrected chi connectivity index (χ4v) is 2.00. The third-order valence-corrected chi connectivity index (χ3v) is 3.09. The Morgan fingerprint density at radius 3 is 2.45 bits per heavy atom. The van der Waals surface area contributed by atoms with E-state index in [9.17, 15) is 9.18 Å². The number of halogens is 3. The zero-order chi connectivity index (χ0) is 14.5. The van der Waals surface area contributed by atoms with Crippen LogP contribution >= 0.6 is 23.2 Å². The van der Waals surface area contributed by atoms with Gasteiger partial charge in [-0.2, -0.15) is 0 Å². The molecule has 20 heavy (non-hydrogen) atoms. The van der Waals surface area contributed by atoms with Crippen LogP contribution in [0.3, 0.4) is 0 Å². The lowest BCUT2D eigenvalue weighted by molar-refractivity contribution is 0.251. The standard InChI is InChI=1S/C14H11Cl2FN2O/c15-10-3-6-13(12(16)7-10)19-14(20)18-8-9-1-4-11(17)5-2-9/h1-7H,8H2,(H2,18,19,20). The Kier molecular flexibility index (Phi) is 4.82. The van der Waals surface area contributed by atoms with Gasteiger partial charge in [0.05, 0.1) is 10.7 Å². The number of benzene rings is 2. The van der Waals surface area contributed by atoms with Gasteiger partial charge in [-0.1, -0.05) is 35.3 Å². The van der Waals surface area contributed by atoms with Crippen molar-refractivity contribution >= 4 is 34.9 Å². The van der Waals surface area contributed by atoms with Crippen molar-refractivity contribution in [2.75, 3.05) is 5.32 Å². The zero-order valence-corrected chi connectivity index (χ0v) is 11.8. The van der Waals surface area contributed by atoms with E-state index in [0.717, 1.165) is 5.56 Å². The number of anilines is 1. The van der Waals surface area contributed by atoms with E-state index in [2.05, 4.69) is 10.6 Å². The Morgan fingerprint density at radius 2 is 1.80 bits per heavy atom. The summed E-state index contributed by atoms with van der Waals surface area (Å²) in [5.41, 5.74) is 1.26. The van der Waals surface area contributed by atoms with Gasteiger partial charge in [0.15, 0.2) is 0 Å². The molecule has 0 atom stereocenters. The first-order valence-corrected chi connectivity index (χ1v) is 6.54. The highest BCUT2D eigenvalue weighted by Crippen LogP contribution is 2.25. The number of urea groups is 1. The van der Waals surface area contributed by atoms with E-state index < -0.39 is 6.03 Å². The van der Waals surface area contributed by atoms with Crippen LogP contribution in [0.15, 0.2) is 42.5 Å². The first-order valence-electron chi connectivity index (χ1n) is 5.79. The third kappa shape index (κ3) is 4.11. The number of carbonyl (C=O) groups is 1. The van der Waals surface area contributed by atoms with Crippen molar-refractivity contribution in [2.45, 2.75) is 6.54 Å². The molecule has 2 aromatic rings. The molecule has 0 unspecified atom stereocenters. The number of hydrogen-bond donors (Lipinski definition) is 2. The van der Waals surface area contributed by atoms with Crippen molar-refractivity contribution in [3.63, 3.8) is 0 Å². The Hall–Kier alpha value is -1.78. The topological polar surface area (TPSA) is 41.1 Å². The van der Waals surface area contributed by atoms with Crippen molar-refractivity contribution in [3.8, 4) is 0 Å². The van der Waals surface area contributed by atoms with Crippen LogP contribution in [0.5, 0.6) is 0 Å². The fraction of sp³-hybridized carbons (Fsp3) is 0.0714. The molecule has 0 saturated carbocycles. The van der Waals surface area contributed by atoms with Gasteiger partial charge in [-0.25, -0.2) is 9.18 Å². The third-order valence-electron chi connectivity index (χ3n) is 2.55. The molecule has 0 fully saturated rings. The van der Waals surface area contributed by atoms with Crippen LogP contribution < -0.4 is 10.6 Å². The Labute approximate surface area is 125 Å². The molecule has 2 amide bonds. The largest absolute Gasteiger partial charge is 0.334 e. The van der Waals surface area contributed by atoms with Crippen LogP contribution in [0.2, 0.25) is 10.0 Å². The lowest BCUT2D eigenvalue weighted by Gasteiger charge is -2.09. The van der Waals surface area contributed by atoms with Gasteiger partial charge in [-0.15, -0.1) is 0 Å². The van der Waals surface area contributed by atoms with Crippen molar-refractivity contribution < 1.29 is 9.18 Å². The number of nitrogens with one attached hydrogen (secondary N) is 2. The quantitative estimate of drug-likeness (QED) is 0.863. The maximum atomic E-state index is 12.7. The molecule has 0 bridgehead atoms. The van der Waals surface area contributed by atoms with E-state index in [0.29, 0.717) is 15.7 Å². The van der Waals surface area contributed by atoms with E-state index in [-0.39, 0.29) is 12.4 Å². The Bertz CT molecular complexity index is 617. The van der Waals surface area contributed by atoms with Gasteiger partial charge in [0.25, 0.3) is 0 Å². The molecule has 0 aromatic heterocycles. The number of amides is 2. The van der Waals surface area contributed by atoms with Gasteiger partial charge in [-0.3, -0.25) is 0 Å². The minimum absolute atomic E-state index is 0.289. The van der Waals surface area contributed by atoms with Crippen molar-refractivity contribution in [1.29, 1.82) is 0 Å².